The number of rotatable bonds is 7. The summed E-state index contributed by atoms with van der Waals surface area (Å²) in [5.41, 5.74) is 0.954. The molecule has 2 aromatic carbocycles. The van der Waals surface area contributed by atoms with E-state index in [4.69, 9.17) is 9.47 Å². The van der Waals surface area contributed by atoms with Crippen molar-refractivity contribution in [2.24, 2.45) is 0 Å². The number of ether oxygens (including phenoxy) is 2. The Morgan fingerprint density at radius 2 is 1.84 bits per heavy atom. The van der Waals surface area contributed by atoms with Crippen molar-refractivity contribution in [3.8, 4) is 17.2 Å². The SMILES string of the molecule is COc1ccccc1Oc1ccc(CNC(=O)[C@@H]2CCCN2C(=O)c2cccs2)cc1. The van der Waals surface area contributed by atoms with Crippen LogP contribution >= 0.6 is 11.3 Å². The molecule has 0 saturated carbocycles. The van der Waals surface area contributed by atoms with Gasteiger partial charge in [0.05, 0.1) is 12.0 Å². The molecule has 0 bridgehead atoms. The molecule has 7 heteroatoms. The number of carbonyl (C=O) groups is 2. The van der Waals surface area contributed by atoms with Crippen LogP contribution in [0.3, 0.4) is 0 Å². The first-order valence-electron chi connectivity index (χ1n) is 10.2. The van der Waals surface area contributed by atoms with Crippen molar-refractivity contribution in [1.29, 1.82) is 0 Å². The minimum absolute atomic E-state index is 0.0644. The number of hydrogen-bond acceptors (Lipinski definition) is 5. The van der Waals surface area contributed by atoms with Gasteiger partial charge in [-0.15, -0.1) is 11.3 Å². The Balaban J connectivity index is 1.33. The fourth-order valence-corrected chi connectivity index (χ4v) is 4.32. The fraction of sp³-hybridized carbons (Fsp3) is 0.250. The molecule has 2 heterocycles. The lowest BCUT2D eigenvalue weighted by Gasteiger charge is -2.23. The molecule has 6 nitrogen and oxygen atoms in total. The van der Waals surface area contributed by atoms with Crippen molar-refractivity contribution >= 4 is 23.2 Å². The topological polar surface area (TPSA) is 67.9 Å². The Kier molecular flexibility index (Phi) is 6.52. The van der Waals surface area contributed by atoms with Gasteiger partial charge in [0.2, 0.25) is 5.91 Å². The van der Waals surface area contributed by atoms with Crippen molar-refractivity contribution in [3.63, 3.8) is 0 Å². The van der Waals surface area contributed by atoms with Crippen molar-refractivity contribution < 1.29 is 19.1 Å². The van der Waals surface area contributed by atoms with Crippen LogP contribution in [-0.2, 0) is 11.3 Å². The Morgan fingerprint density at radius 1 is 1.06 bits per heavy atom. The van der Waals surface area contributed by atoms with E-state index in [9.17, 15) is 9.59 Å². The molecule has 1 fully saturated rings. The van der Waals surface area contributed by atoms with E-state index < -0.39 is 6.04 Å². The molecule has 0 unspecified atom stereocenters. The van der Waals surface area contributed by atoms with Gasteiger partial charge >= 0.3 is 0 Å². The number of amides is 2. The molecule has 1 saturated heterocycles. The largest absolute Gasteiger partial charge is 0.493 e. The lowest BCUT2D eigenvalue weighted by atomic mass is 10.1. The minimum Gasteiger partial charge on any atom is -0.493 e. The molecule has 0 spiro atoms. The highest BCUT2D eigenvalue weighted by Crippen LogP contribution is 2.31. The number of benzene rings is 2. The predicted molar refractivity (Wildman–Crippen MR) is 120 cm³/mol. The van der Waals surface area contributed by atoms with Gasteiger partial charge in [-0.2, -0.15) is 0 Å². The number of nitrogens with zero attached hydrogens (tertiary/aromatic N) is 1. The number of thiophene rings is 1. The monoisotopic (exact) mass is 436 g/mol. The van der Waals surface area contributed by atoms with E-state index in [0.717, 1.165) is 12.0 Å². The highest BCUT2D eigenvalue weighted by Gasteiger charge is 2.34. The van der Waals surface area contributed by atoms with Crippen LogP contribution in [0.4, 0.5) is 0 Å². The predicted octanol–water partition coefficient (Wildman–Crippen LogP) is 4.47. The Bertz CT molecular complexity index is 1030. The Morgan fingerprint density at radius 3 is 2.55 bits per heavy atom. The number of nitrogens with one attached hydrogen (secondary N) is 1. The highest BCUT2D eigenvalue weighted by molar-refractivity contribution is 7.12. The molecule has 4 rings (SSSR count). The van der Waals surface area contributed by atoms with Gasteiger partial charge in [-0.1, -0.05) is 30.3 Å². The summed E-state index contributed by atoms with van der Waals surface area (Å²) < 4.78 is 11.2. The van der Waals surface area contributed by atoms with Crippen molar-refractivity contribution in [2.75, 3.05) is 13.7 Å². The van der Waals surface area contributed by atoms with E-state index in [0.29, 0.717) is 41.6 Å². The van der Waals surface area contributed by atoms with E-state index in [1.807, 2.05) is 60.0 Å². The van der Waals surface area contributed by atoms with Gasteiger partial charge < -0.3 is 19.7 Å². The quantitative estimate of drug-likeness (QED) is 0.593. The third-order valence-electron chi connectivity index (χ3n) is 5.24. The molecule has 1 aromatic heterocycles. The summed E-state index contributed by atoms with van der Waals surface area (Å²) >= 11 is 1.40. The second-order valence-corrected chi connectivity index (χ2v) is 8.20. The van der Waals surface area contributed by atoms with Crippen LogP contribution in [0.2, 0.25) is 0 Å². The fourth-order valence-electron chi connectivity index (χ4n) is 3.64. The lowest BCUT2D eigenvalue weighted by Crippen LogP contribution is -2.45. The number of carbonyl (C=O) groups excluding carboxylic acids is 2. The van der Waals surface area contributed by atoms with Gasteiger partial charge in [0, 0.05) is 13.1 Å². The van der Waals surface area contributed by atoms with Gasteiger partial charge in [0.1, 0.15) is 11.8 Å². The maximum atomic E-state index is 12.7. The standard InChI is InChI=1S/C24H24N2O4S/c1-29-20-7-2-3-8-21(20)30-18-12-10-17(11-13-18)16-25-23(27)19-6-4-14-26(19)24(28)22-9-5-15-31-22/h2-3,5,7-13,15,19H,4,6,14,16H2,1H3,(H,25,27)/t19-/m0/s1. The van der Waals surface area contributed by atoms with Crippen LogP contribution < -0.4 is 14.8 Å². The van der Waals surface area contributed by atoms with Crippen LogP contribution in [0.25, 0.3) is 0 Å². The molecule has 0 aliphatic carbocycles. The maximum Gasteiger partial charge on any atom is 0.264 e. The minimum atomic E-state index is -0.414. The average molecular weight is 437 g/mol. The van der Waals surface area contributed by atoms with Gasteiger partial charge in [-0.25, -0.2) is 0 Å². The molecule has 1 N–H and O–H groups in total. The van der Waals surface area contributed by atoms with Crippen molar-refractivity contribution in [1.82, 2.24) is 10.2 Å². The summed E-state index contributed by atoms with van der Waals surface area (Å²) in [6, 6.07) is 18.2. The van der Waals surface area contributed by atoms with Crippen molar-refractivity contribution in [2.45, 2.75) is 25.4 Å². The lowest BCUT2D eigenvalue weighted by molar-refractivity contribution is -0.125. The summed E-state index contributed by atoms with van der Waals surface area (Å²) in [5, 5.41) is 4.84. The molecule has 160 valence electrons. The molecule has 2 amide bonds. The first-order valence-corrected chi connectivity index (χ1v) is 11.1. The molecule has 0 radical (unpaired) electrons. The van der Waals surface area contributed by atoms with Crippen LogP contribution in [0, 0.1) is 0 Å². The number of likely N-dealkylation sites (tertiary alicyclic amines) is 1. The van der Waals surface area contributed by atoms with Crippen LogP contribution in [0.5, 0.6) is 17.2 Å². The third-order valence-corrected chi connectivity index (χ3v) is 6.09. The second kappa shape index (κ2) is 9.66. The molecule has 1 aliphatic heterocycles. The zero-order chi connectivity index (χ0) is 21.6. The summed E-state index contributed by atoms with van der Waals surface area (Å²) in [6.45, 7) is 1.01. The molecule has 3 aromatic rings. The van der Waals surface area contributed by atoms with Crippen LogP contribution in [0.15, 0.2) is 66.0 Å². The number of para-hydroxylation sites is 2. The molecular weight excluding hydrogens is 412 g/mol. The van der Waals surface area contributed by atoms with Crippen molar-refractivity contribution in [3.05, 3.63) is 76.5 Å². The van der Waals surface area contributed by atoms with Gasteiger partial charge in [-0.05, 0) is 54.1 Å². The normalized spacial score (nSPS) is 15.5. The van der Waals surface area contributed by atoms with Crippen LogP contribution in [0.1, 0.15) is 28.1 Å². The smallest absolute Gasteiger partial charge is 0.264 e. The van der Waals surface area contributed by atoms with E-state index >= 15 is 0 Å². The highest BCUT2D eigenvalue weighted by atomic mass is 32.1. The second-order valence-electron chi connectivity index (χ2n) is 7.25. The van der Waals surface area contributed by atoms with Gasteiger partial charge in [0.25, 0.3) is 5.91 Å². The number of hydrogen-bond donors (Lipinski definition) is 1. The number of methoxy groups -OCH3 is 1. The Labute approximate surface area is 185 Å². The zero-order valence-electron chi connectivity index (χ0n) is 17.2. The summed E-state index contributed by atoms with van der Waals surface area (Å²) in [7, 11) is 1.60. The molecule has 1 aliphatic rings. The van der Waals surface area contributed by atoms with Gasteiger partial charge in [-0.3, -0.25) is 9.59 Å². The average Bonchev–Trinajstić information content (AvgIpc) is 3.51. The molecule has 1 atom stereocenters. The Hall–Kier alpha value is -3.32. The van der Waals surface area contributed by atoms with E-state index in [-0.39, 0.29) is 11.8 Å². The molecular formula is C24H24N2O4S. The van der Waals surface area contributed by atoms with E-state index in [2.05, 4.69) is 5.32 Å². The van der Waals surface area contributed by atoms with E-state index in [1.165, 1.54) is 11.3 Å². The first kappa shape index (κ1) is 20.9. The maximum absolute atomic E-state index is 12.7. The zero-order valence-corrected chi connectivity index (χ0v) is 18.1. The summed E-state index contributed by atoms with van der Waals surface area (Å²) in [6.07, 6.45) is 1.53. The van der Waals surface area contributed by atoms with Gasteiger partial charge in [0.15, 0.2) is 11.5 Å². The third kappa shape index (κ3) is 4.88. The first-order chi connectivity index (χ1) is 15.2. The van der Waals surface area contributed by atoms with E-state index in [1.54, 1.807) is 18.1 Å². The summed E-state index contributed by atoms with van der Waals surface area (Å²) in [4.78, 5) is 27.8. The van der Waals surface area contributed by atoms with Crippen LogP contribution in [-0.4, -0.2) is 36.4 Å². The molecule has 31 heavy (non-hydrogen) atoms. The summed E-state index contributed by atoms with van der Waals surface area (Å²) in [5.74, 6) is 1.81.